The Morgan fingerprint density at radius 1 is 1.03 bits per heavy atom. The van der Waals surface area contributed by atoms with E-state index in [0.29, 0.717) is 24.3 Å². The Kier molecular flexibility index (Phi) is 6.77. The molecule has 2 aromatic heterocycles. The van der Waals surface area contributed by atoms with Gasteiger partial charge in [-0.15, -0.1) is 11.3 Å². The molecule has 35 heavy (non-hydrogen) atoms. The van der Waals surface area contributed by atoms with Crippen LogP contribution in [0.1, 0.15) is 17.0 Å². The van der Waals surface area contributed by atoms with Crippen LogP contribution in [0.3, 0.4) is 0 Å². The predicted molar refractivity (Wildman–Crippen MR) is 142 cm³/mol. The number of piperazine rings is 1. The Morgan fingerprint density at radius 2 is 1.77 bits per heavy atom. The summed E-state index contributed by atoms with van der Waals surface area (Å²) in [5.41, 5.74) is 4.15. The Hall–Kier alpha value is -3.33. The molecule has 0 radical (unpaired) electrons. The fraction of sp³-hybridized carbons (Fsp3) is 0.296. The number of H-pyrrole nitrogens is 1. The molecule has 0 unspecified atom stereocenters. The number of carbonyl (C=O) groups is 1. The molecule has 1 saturated heterocycles. The van der Waals surface area contributed by atoms with Gasteiger partial charge in [0.1, 0.15) is 10.7 Å². The normalized spacial score (nSPS) is 14.9. The molecule has 0 atom stereocenters. The third kappa shape index (κ3) is 5.35. The van der Waals surface area contributed by atoms with E-state index in [4.69, 9.17) is 4.98 Å². The number of anilines is 1. The molecular weight excluding hydrogens is 458 g/mol. The first kappa shape index (κ1) is 23.4. The number of carbonyl (C=O) groups excluding carboxylic acids is 1. The van der Waals surface area contributed by atoms with E-state index in [1.165, 1.54) is 5.56 Å². The summed E-state index contributed by atoms with van der Waals surface area (Å²) in [6.07, 6.45) is 0. The Balaban J connectivity index is 1.18. The van der Waals surface area contributed by atoms with Crippen molar-refractivity contribution in [2.45, 2.75) is 20.4 Å². The highest BCUT2D eigenvalue weighted by molar-refractivity contribution is 7.21. The zero-order valence-electron chi connectivity index (χ0n) is 20.0. The summed E-state index contributed by atoms with van der Waals surface area (Å²) in [4.78, 5) is 39.2. The predicted octanol–water partition coefficient (Wildman–Crippen LogP) is 4.02. The zero-order valence-corrected chi connectivity index (χ0v) is 20.8. The van der Waals surface area contributed by atoms with Crippen molar-refractivity contribution in [3.63, 3.8) is 0 Å². The molecule has 1 fully saturated rings. The largest absolute Gasteiger partial charge is 0.325 e. The number of thiophene rings is 1. The molecule has 0 saturated carbocycles. The second-order valence-electron chi connectivity index (χ2n) is 9.06. The van der Waals surface area contributed by atoms with E-state index in [-0.39, 0.29) is 11.5 Å². The molecule has 0 aliphatic carbocycles. The van der Waals surface area contributed by atoms with Gasteiger partial charge in [-0.2, -0.15) is 0 Å². The van der Waals surface area contributed by atoms with Gasteiger partial charge in [0.2, 0.25) is 5.91 Å². The van der Waals surface area contributed by atoms with Gasteiger partial charge in [-0.25, -0.2) is 4.98 Å². The standard InChI is InChI=1S/C27H29N5O2S/c1-18-7-6-10-22(19(18)2)28-25(33)17-32-13-11-31(12-14-32)16-24-29-26(34)21-15-23(35-27(21)30-24)20-8-4-3-5-9-20/h3-10,15H,11-14,16-17H2,1-2H3,(H,28,33)(H,29,30,34). The minimum absolute atomic E-state index is 0.00974. The molecule has 0 bridgehead atoms. The lowest BCUT2D eigenvalue weighted by molar-refractivity contribution is -0.117. The maximum absolute atomic E-state index is 12.7. The smallest absolute Gasteiger partial charge is 0.259 e. The third-order valence-corrected chi connectivity index (χ3v) is 7.67. The lowest BCUT2D eigenvalue weighted by atomic mass is 10.1. The average Bonchev–Trinajstić information content (AvgIpc) is 3.29. The Labute approximate surface area is 208 Å². The lowest BCUT2D eigenvalue weighted by Crippen LogP contribution is -2.48. The van der Waals surface area contributed by atoms with Gasteiger partial charge in [0.05, 0.1) is 18.5 Å². The van der Waals surface area contributed by atoms with Crippen molar-refractivity contribution in [1.82, 2.24) is 19.8 Å². The molecule has 2 aromatic carbocycles. The average molecular weight is 488 g/mol. The number of nitrogens with one attached hydrogen (secondary N) is 2. The van der Waals surface area contributed by atoms with Gasteiger partial charge < -0.3 is 10.3 Å². The van der Waals surface area contributed by atoms with Crippen molar-refractivity contribution in [1.29, 1.82) is 0 Å². The zero-order chi connectivity index (χ0) is 24.4. The number of rotatable bonds is 6. The summed E-state index contributed by atoms with van der Waals surface area (Å²) in [6, 6.07) is 17.9. The van der Waals surface area contributed by atoms with Gasteiger partial charge in [0, 0.05) is 36.7 Å². The van der Waals surface area contributed by atoms with Crippen molar-refractivity contribution >= 4 is 33.1 Å². The van der Waals surface area contributed by atoms with Crippen LogP contribution in [0.4, 0.5) is 5.69 Å². The fourth-order valence-electron chi connectivity index (χ4n) is 4.39. The first-order valence-electron chi connectivity index (χ1n) is 11.9. The third-order valence-electron chi connectivity index (χ3n) is 6.59. The summed E-state index contributed by atoms with van der Waals surface area (Å²) in [5, 5.41) is 3.68. The number of hydrogen-bond donors (Lipinski definition) is 2. The van der Waals surface area contributed by atoms with Crippen molar-refractivity contribution in [3.05, 3.63) is 81.9 Å². The number of amides is 1. The van der Waals surface area contributed by atoms with Crippen molar-refractivity contribution in [2.75, 3.05) is 38.0 Å². The summed E-state index contributed by atoms with van der Waals surface area (Å²) < 4.78 is 0. The van der Waals surface area contributed by atoms with Gasteiger partial charge >= 0.3 is 0 Å². The van der Waals surface area contributed by atoms with E-state index in [2.05, 4.69) is 20.1 Å². The molecule has 8 heteroatoms. The van der Waals surface area contributed by atoms with Crippen LogP contribution in [-0.4, -0.2) is 58.4 Å². The van der Waals surface area contributed by atoms with Crippen LogP contribution in [0.25, 0.3) is 20.7 Å². The van der Waals surface area contributed by atoms with E-state index in [9.17, 15) is 9.59 Å². The van der Waals surface area contributed by atoms with Crippen LogP contribution in [-0.2, 0) is 11.3 Å². The van der Waals surface area contributed by atoms with E-state index in [0.717, 1.165) is 52.7 Å². The van der Waals surface area contributed by atoms with Crippen molar-refractivity contribution in [3.8, 4) is 10.4 Å². The highest BCUT2D eigenvalue weighted by Crippen LogP contribution is 2.30. The number of hydrogen-bond acceptors (Lipinski definition) is 6. The summed E-state index contributed by atoms with van der Waals surface area (Å²) >= 11 is 1.55. The van der Waals surface area contributed by atoms with E-state index in [1.54, 1.807) is 11.3 Å². The number of aromatic nitrogens is 2. The quantitative estimate of drug-likeness (QED) is 0.429. The maximum Gasteiger partial charge on any atom is 0.259 e. The lowest BCUT2D eigenvalue weighted by Gasteiger charge is -2.33. The summed E-state index contributed by atoms with van der Waals surface area (Å²) in [5.74, 6) is 0.695. The van der Waals surface area contributed by atoms with Crippen LogP contribution in [0.2, 0.25) is 0 Å². The summed E-state index contributed by atoms with van der Waals surface area (Å²) in [6.45, 7) is 8.26. The molecule has 2 N–H and O–H groups in total. The number of fused-ring (bicyclic) bond motifs is 1. The van der Waals surface area contributed by atoms with Crippen LogP contribution in [0.15, 0.2) is 59.4 Å². The first-order chi connectivity index (χ1) is 17.0. The van der Waals surface area contributed by atoms with Crippen LogP contribution >= 0.6 is 11.3 Å². The topological polar surface area (TPSA) is 81.3 Å². The Morgan fingerprint density at radius 3 is 2.54 bits per heavy atom. The molecule has 180 valence electrons. The number of nitrogens with zero attached hydrogens (tertiary/aromatic N) is 3. The molecule has 5 rings (SSSR count). The molecule has 4 aromatic rings. The molecule has 1 aliphatic rings. The van der Waals surface area contributed by atoms with Crippen LogP contribution < -0.4 is 10.9 Å². The van der Waals surface area contributed by atoms with E-state index >= 15 is 0 Å². The SMILES string of the molecule is Cc1cccc(NC(=O)CN2CCN(Cc3nc4sc(-c5ccccc5)cc4c(=O)[nH]3)CC2)c1C. The van der Waals surface area contributed by atoms with Crippen LogP contribution in [0, 0.1) is 13.8 Å². The van der Waals surface area contributed by atoms with Gasteiger partial charge in [0.25, 0.3) is 5.56 Å². The minimum Gasteiger partial charge on any atom is -0.325 e. The number of aromatic amines is 1. The highest BCUT2D eigenvalue weighted by Gasteiger charge is 2.20. The highest BCUT2D eigenvalue weighted by atomic mass is 32.1. The van der Waals surface area contributed by atoms with Gasteiger partial charge in [-0.05, 0) is 42.7 Å². The first-order valence-corrected chi connectivity index (χ1v) is 12.7. The second-order valence-corrected chi connectivity index (χ2v) is 10.1. The monoisotopic (exact) mass is 487 g/mol. The van der Waals surface area contributed by atoms with Gasteiger partial charge in [0.15, 0.2) is 0 Å². The molecule has 1 aliphatic heterocycles. The molecule has 0 spiro atoms. The number of benzene rings is 2. The number of aryl methyl sites for hydroxylation is 1. The minimum atomic E-state index is -0.0924. The molecule has 1 amide bonds. The second kappa shape index (κ2) is 10.1. The molecule has 7 nitrogen and oxygen atoms in total. The van der Waals surface area contributed by atoms with Crippen molar-refractivity contribution < 1.29 is 4.79 Å². The maximum atomic E-state index is 12.7. The van der Waals surface area contributed by atoms with E-state index in [1.807, 2.05) is 68.4 Å². The van der Waals surface area contributed by atoms with Gasteiger partial charge in [-0.3, -0.25) is 19.4 Å². The summed E-state index contributed by atoms with van der Waals surface area (Å²) in [7, 11) is 0. The molecular formula is C27H29N5O2S. The molecule has 3 heterocycles. The van der Waals surface area contributed by atoms with E-state index < -0.39 is 0 Å². The van der Waals surface area contributed by atoms with Gasteiger partial charge in [-0.1, -0.05) is 42.5 Å². The fourth-order valence-corrected chi connectivity index (χ4v) is 5.45. The Bertz CT molecular complexity index is 1400. The van der Waals surface area contributed by atoms with Crippen LogP contribution in [0.5, 0.6) is 0 Å². The van der Waals surface area contributed by atoms with Crippen molar-refractivity contribution in [2.24, 2.45) is 0 Å².